The van der Waals surface area contributed by atoms with Gasteiger partial charge < -0.3 is 20.7 Å². The van der Waals surface area contributed by atoms with Gasteiger partial charge in [0.1, 0.15) is 5.69 Å². The number of ketones is 1. The molecular formula is C31H40N6O3. The quantitative estimate of drug-likeness (QED) is 0.242. The lowest BCUT2D eigenvalue weighted by molar-refractivity contribution is -0.124. The highest BCUT2D eigenvalue weighted by Crippen LogP contribution is 2.24. The summed E-state index contributed by atoms with van der Waals surface area (Å²) >= 11 is 0. The second kappa shape index (κ2) is 14.5. The number of hydrogen-bond acceptors (Lipinski definition) is 8. The predicted molar refractivity (Wildman–Crippen MR) is 157 cm³/mol. The van der Waals surface area contributed by atoms with Crippen molar-refractivity contribution in [2.24, 2.45) is 5.92 Å². The molecule has 9 heteroatoms. The second-order valence-corrected chi connectivity index (χ2v) is 10.3. The minimum absolute atomic E-state index is 0.0408. The molecule has 9 nitrogen and oxygen atoms in total. The number of Topliss-reactive ketones (excluding diaryl/α,β-unsaturated/α-hetero) is 1. The smallest absolute Gasteiger partial charge is 0.222 e. The van der Waals surface area contributed by atoms with E-state index in [0.717, 1.165) is 61.2 Å². The van der Waals surface area contributed by atoms with Crippen LogP contribution in [0.1, 0.15) is 61.1 Å². The van der Waals surface area contributed by atoms with Crippen molar-refractivity contribution >= 4 is 23.2 Å². The number of nitrogens with one attached hydrogen (secondary N) is 1. The highest BCUT2D eigenvalue weighted by molar-refractivity contribution is 6.00. The Morgan fingerprint density at radius 2 is 1.88 bits per heavy atom. The molecule has 0 bridgehead atoms. The summed E-state index contributed by atoms with van der Waals surface area (Å²) in [6.07, 6.45) is 10.3. The van der Waals surface area contributed by atoms with E-state index in [0.29, 0.717) is 25.5 Å². The summed E-state index contributed by atoms with van der Waals surface area (Å²) in [5, 5.41) is 3.05. The van der Waals surface area contributed by atoms with E-state index in [9.17, 15) is 9.59 Å². The zero-order chi connectivity index (χ0) is 28.3. The number of carbonyl (C=O) groups is 2. The number of nitrogen functional groups attached to an aromatic ring is 1. The highest BCUT2D eigenvalue weighted by Gasteiger charge is 2.20. The van der Waals surface area contributed by atoms with Gasteiger partial charge in [-0.05, 0) is 24.5 Å². The topological polar surface area (TPSA) is 123 Å². The average molecular weight is 545 g/mol. The van der Waals surface area contributed by atoms with E-state index < -0.39 is 0 Å². The molecule has 0 spiro atoms. The lowest BCUT2D eigenvalue weighted by atomic mass is 10.0. The third kappa shape index (κ3) is 7.85. The van der Waals surface area contributed by atoms with Crippen molar-refractivity contribution in [2.45, 2.75) is 52.4 Å². The molecule has 0 unspecified atom stereocenters. The Balaban J connectivity index is 1.37. The largest absolute Gasteiger partial charge is 0.382 e. The Morgan fingerprint density at radius 1 is 1.10 bits per heavy atom. The van der Waals surface area contributed by atoms with Gasteiger partial charge in [0.2, 0.25) is 5.91 Å². The van der Waals surface area contributed by atoms with Crippen LogP contribution in [0.3, 0.4) is 0 Å². The maximum absolute atomic E-state index is 13.3. The SMILES string of the molecule is CCCCC[C@H](C)C(=O)NCCc1ccc(-c2cnc(N)c(C(=O)Cc3cnccc3N3CCOCC3)n2)cc1. The summed E-state index contributed by atoms with van der Waals surface area (Å²) in [6, 6.07) is 9.86. The average Bonchev–Trinajstić information content (AvgIpc) is 2.98. The molecule has 1 aliphatic heterocycles. The van der Waals surface area contributed by atoms with E-state index in [1.165, 1.54) is 6.42 Å². The van der Waals surface area contributed by atoms with Gasteiger partial charge in [0.25, 0.3) is 0 Å². The van der Waals surface area contributed by atoms with Gasteiger partial charge >= 0.3 is 0 Å². The summed E-state index contributed by atoms with van der Waals surface area (Å²) in [5.74, 6) is 0.0666. The molecule has 0 saturated carbocycles. The number of amides is 1. The van der Waals surface area contributed by atoms with Gasteiger partial charge in [-0.25, -0.2) is 9.97 Å². The number of carbonyl (C=O) groups excluding carboxylic acids is 2. The van der Waals surface area contributed by atoms with Crippen LogP contribution in [-0.2, 0) is 22.4 Å². The van der Waals surface area contributed by atoms with Crippen molar-refractivity contribution in [3.63, 3.8) is 0 Å². The second-order valence-electron chi connectivity index (χ2n) is 10.3. The van der Waals surface area contributed by atoms with Crippen molar-refractivity contribution in [2.75, 3.05) is 43.5 Å². The Morgan fingerprint density at radius 3 is 2.62 bits per heavy atom. The summed E-state index contributed by atoms with van der Waals surface area (Å²) < 4.78 is 5.47. The molecule has 3 aromatic rings. The van der Waals surface area contributed by atoms with Crippen LogP contribution in [0, 0.1) is 5.92 Å². The van der Waals surface area contributed by atoms with Crippen molar-refractivity contribution in [3.8, 4) is 11.3 Å². The van der Waals surface area contributed by atoms with Crippen LogP contribution in [0.5, 0.6) is 0 Å². The molecule has 1 aliphatic rings. The molecule has 2 aromatic heterocycles. The molecule has 1 saturated heterocycles. The number of anilines is 2. The summed E-state index contributed by atoms with van der Waals surface area (Å²) in [5.41, 5.74) is 10.6. The molecule has 0 aliphatic carbocycles. The van der Waals surface area contributed by atoms with Crippen molar-refractivity contribution in [1.82, 2.24) is 20.3 Å². The number of rotatable bonds is 13. The van der Waals surface area contributed by atoms with E-state index >= 15 is 0 Å². The first kappa shape index (κ1) is 29.1. The van der Waals surface area contributed by atoms with Crippen molar-refractivity contribution in [1.29, 1.82) is 0 Å². The lowest BCUT2D eigenvalue weighted by Crippen LogP contribution is -2.37. The summed E-state index contributed by atoms with van der Waals surface area (Å²) in [6.45, 7) is 7.60. The van der Waals surface area contributed by atoms with Crippen LogP contribution in [0.25, 0.3) is 11.3 Å². The molecule has 1 atom stereocenters. The number of unbranched alkanes of at least 4 members (excludes halogenated alkanes) is 2. The maximum atomic E-state index is 13.3. The molecule has 212 valence electrons. The number of benzene rings is 1. The molecule has 1 amide bonds. The first-order valence-corrected chi connectivity index (χ1v) is 14.2. The normalized spacial score (nSPS) is 14.1. The molecule has 1 aromatic carbocycles. The van der Waals surface area contributed by atoms with Gasteiger partial charge in [0, 0.05) is 61.2 Å². The molecular weight excluding hydrogens is 504 g/mol. The van der Waals surface area contributed by atoms with Crippen LogP contribution in [0.2, 0.25) is 0 Å². The molecule has 4 rings (SSSR count). The number of pyridine rings is 1. The minimum atomic E-state index is -0.203. The van der Waals surface area contributed by atoms with Crippen LogP contribution in [-0.4, -0.2) is 59.5 Å². The van der Waals surface area contributed by atoms with Gasteiger partial charge in [0.05, 0.1) is 25.1 Å². The first-order valence-electron chi connectivity index (χ1n) is 14.2. The third-order valence-corrected chi connectivity index (χ3v) is 7.30. The number of ether oxygens (including phenoxy) is 1. The van der Waals surface area contributed by atoms with Gasteiger partial charge in [-0.15, -0.1) is 0 Å². The van der Waals surface area contributed by atoms with Crippen molar-refractivity contribution < 1.29 is 14.3 Å². The van der Waals surface area contributed by atoms with Gasteiger partial charge in [-0.3, -0.25) is 14.6 Å². The summed E-state index contributed by atoms with van der Waals surface area (Å²) in [4.78, 5) is 40.9. The Labute approximate surface area is 236 Å². The van der Waals surface area contributed by atoms with Crippen LogP contribution in [0.15, 0.2) is 48.9 Å². The molecule has 3 N–H and O–H groups in total. The number of aromatic nitrogens is 3. The van der Waals surface area contributed by atoms with Crippen molar-refractivity contribution in [3.05, 3.63) is 65.7 Å². The fraction of sp³-hybridized carbons (Fsp3) is 0.452. The van der Waals surface area contributed by atoms with E-state index in [-0.39, 0.29) is 35.5 Å². The highest BCUT2D eigenvalue weighted by atomic mass is 16.5. The number of morpholine rings is 1. The van der Waals surface area contributed by atoms with Gasteiger partial charge in [-0.2, -0.15) is 0 Å². The third-order valence-electron chi connectivity index (χ3n) is 7.30. The van der Waals surface area contributed by atoms with E-state index in [1.54, 1.807) is 18.6 Å². The van der Waals surface area contributed by atoms with Crippen LogP contribution in [0.4, 0.5) is 11.5 Å². The number of nitrogens with zero attached hydrogens (tertiary/aromatic N) is 4. The monoisotopic (exact) mass is 544 g/mol. The lowest BCUT2D eigenvalue weighted by Gasteiger charge is -2.30. The molecule has 3 heterocycles. The molecule has 40 heavy (non-hydrogen) atoms. The minimum Gasteiger partial charge on any atom is -0.382 e. The van der Waals surface area contributed by atoms with Gasteiger partial charge in [-0.1, -0.05) is 57.4 Å². The zero-order valence-corrected chi connectivity index (χ0v) is 23.6. The predicted octanol–water partition coefficient (Wildman–Crippen LogP) is 4.26. The molecule has 0 radical (unpaired) electrons. The van der Waals surface area contributed by atoms with Crippen LogP contribution >= 0.6 is 0 Å². The first-order chi connectivity index (χ1) is 19.5. The zero-order valence-electron chi connectivity index (χ0n) is 23.6. The van der Waals surface area contributed by atoms with E-state index in [4.69, 9.17) is 10.5 Å². The van der Waals surface area contributed by atoms with E-state index in [2.05, 4.69) is 32.1 Å². The fourth-order valence-electron chi connectivity index (χ4n) is 4.85. The Hall–Kier alpha value is -3.85. The summed E-state index contributed by atoms with van der Waals surface area (Å²) in [7, 11) is 0. The van der Waals surface area contributed by atoms with Gasteiger partial charge in [0.15, 0.2) is 11.6 Å². The van der Waals surface area contributed by atoms with E-state index in [1.807, 2.05) is 37.3 Å². The standard InChI is InChI=1S/C31H40N6O3/c1-3-4-5-6-22(2)31(39)34-14-11-23-7-9-24(10-8-23)26-21-35-30(32)29(36-26)28(38)19-25-20-33-13-12-27(25)37-15-17-40-18-16-37/h7-10,12-13,20-22H,3-6,11,14-19H2,1-2H3,(H2,32,35)(H,34,39)/t22-/m0/s1. The fourth-order valence-corrected chi connectivity index (χ4v) is 4.85. The Kier molecular flexibility index (Phi) is 10.6. The molecule has 1 fully saturated rings. The maximum Gasteiger partial charge on any atom is 0.222 e. The number of hydrogen-bond donors (Lipinski definition) is 2. The Bertz CT molecular complexity index is 1270. The van der Waals surface area contributed by atoms with Crippen LogP contribution < -0.4 is 16.0 Å². The number of nitrogens with two attached hydrogens (primary N) is 1.